The summed E-state index contributed by atoms with van der Waals surface area (Å²) in [5.74, 6) is 0.252. The number of carbonyl (C=O) groups excluding carboxylic acids is 1. The average Bonchev–Trinajstić information content (AvgIpc) is 3.01. The maximum Gasteiger partial charge on any atom is 0.271 e. The highest BCUT2D eigenvalue weighted by atomic mass is 35.5. The molecule has 1 aromatic carbocycles. The van der Waals surface area contributed by atoms with Crippen molar-refractivity contribution in [2.45, 2.75) is 18.2 Å². The molecule has 11 heteroatoms. The molecule has 25 heavy (non-hydrogen) atoms. The van der Waals surface area contributed by atoms with Gasteiger partial charge in [-0.25, -0.2) is 0 Å². The van der Waals surface area contributed by atoms with Gasteiger partial charge >= 0.3 is 0 Å². The standard InChI is InChI=1S/C14H16ClN5O3S2/c1-8(2)6-16-13-18-19-14(25-13)24-7-12(21)17-11-5-9(20(22)23)3-4-10(11)15/h3-5,8H,6-7H2,1-2H3,(H,16,18)(H,17,21). The number of thioether (sulfide) groups is 1. The summed E-state index contributed by atoms with van der Waals surface area (Å²) in [4.78, 5) is 22.3. The van der Waals surface area contributed by atoms with Crippen molar-refractivity contribution in [1.82, 2.24) is 10.2 Å². The Kier molecular flexibility index (Phi) is 6.97. The Balaban J connectivity index is 1.89. The Hall–Kier alpha value is -1.91. The van der Waals surface area contributed by atoms with Crippen molar-refractivity contribution < 1.29 is 9.72 Å². The zero-order valence-electron chi connectivity index (χ0n) is 13.5. The summed E-state index contributed by atoms with van der Waals surface area (Å²) in [7, 11) is 0. The van der Waals surface area contributed by atoms with Crippen LogP contribution in [0.5, 0.6) is 0 Å². The number of aromatic nitrogens is 2. The second kappa shape index (κ2) is 8.97. The van der Waals surface area contributed by atoms with E-state index in [0.29, 0.717) is 15.4 Å². The minimum atomic E-state index is -0.548. The summed E-state index contributed by atoms with van der Waals surface area (Å²) in [6.07, 6.45) is 0. The SMILES string of the molecule is CC(C)CNc1nnc(SCC(=O)Nc2cc([N+](=O)[O-])ccc2Cl)s1. The number of nitro benzene ring substituents is 1. The van der Waals surface area contributed by atoms with E-state index in [4.69, 9.17) is 11.6 Å². The van der Waals surface area contributed by atoms with Crippen LogP contribution < -0.4 is 10.6 Å². The molecule has 0 aliphatic carbocycles. The predicted molar refractivity (Wildman–Crippen MR) is 101 cm³/mol. The molecule has 2 rings (SSSR count). The van der Waals surface area contributed by atoms with Gasteiger partial charge in [0.05, 0.1) is 21.4 Å². The van der Waals surface area contributed by atoms with Crippen molar-refractivity contribution in [3.8, 4) is 0 Å². The first kappa shape index (κ1) is 19.4. The Labute approximate surface area is 157 Å². The van der Waals surface area contributed by atoms with Gasteiger partial charge in [-0.05, 0) is 12.0 Å². The predicted octanol–water partition coefficient (Wildman–Crippen LogP) is 3.90. The molecular weight excluding hydrogens is 386 g/mol. The van der Waals surface area contributed by atoms with Crippen LogP contribution in [0.3, 0.4) is 0 Å². The van der Waals surface area contributed by atoms with Gasteiger partial charge in [0, 0.05) is 18.7 Å². The van der Waals surface area contributed by atoms with Gasteiger partial charge in [-0.1, -0.05) is 48.5 Å². The number of nitro groups is 1. The molecule has 134 valence electrons. The topological polar surface area (TPSA) is 110 Å². The molecule has 2 N–H and O–H groups in total. The normalized spacial score (nSPS) is 10.7. The number of nitrogens with one attached hydrogen (secondary N) is 2. The summed E-state index contributed by atoms with van der Waals surface area (Å²) in [6.45, 7) is 4.98. The Bertz CT molecular complexity index is 769. The van der Waals surface area contributed by atoms with Crippen molar-refractivity contribution in [2.75, 3.05) is 22.9 Å². The fraction of sp³-hybridized carbons (Fsp3) is 0.357. The summed E-state index contributed by atoms with van der Waals surface area (Å²) >= 11 is 8.56. The lowest BCUT2D eigenvalue weighted by Crippen LogP contribution is -2.14. The van der Waals surface area contributed by atoms with Gasteiger partial charge in [0.25, 0.3) is 5.69 Å². The van der Waals surface area contributed by atoms with Crippen molar-refractivity contribution in [3.05, 3.63) is 33.3 Å². The minimum Gasteiger partial charge on any atom is -0.360 e. The van der Waals surface area contributed by atoms with Crippen molar-refractivity contribution in [2.24, 2.45) is 5.92 Å². The maximum atomic E-state index is 12.0. The zero-order valence-corrected chi connectivity index (χ0v) is 15.9. The maximum absolute atomic E-state index is 12.0. The van der Waals surface area contributed by atoms with Crippen LogP contribution in [0.2, 0.25) is 5.02 Å². The second-order valence-electron chi connectivity index (χ2n) is 5.41. The highest BCUT2D eigenvalue weighted by Crippen LogP contribution is 2.28. The molecule has 0 unspecified atom stereocenters. The second-order valence-corrected chi connectivity index (χ2v) is 8.01. The first-order valence-corrected chi connectivity index (χ1v) is 9.47. The number of anilines is 2. The van der Waals surface area contributed by atoms with Gasteiger partial charge in [0.2, 0.25) is 11.0 Å². The van der Waals surface area contributed by atoms with E-state index >= 15 is 0 Å². The molecule has 8 nitrogen and oxygen atoms in total. The fourth-order valence-electron chi connectivity index (χ4n) is 1.67. The monoisotopic (exact) mass is 401 g/mol. The van der Waals surface area contributed by atoms with Gasteiger partial charge < -0.3 is 10.6 Å². The van der Waals surface area contributed by atoms with Gasteiger partial charge in [0.15, 0.2) is 4.34 Å². The minimum absolute atomic E-state index is 0.0951. The molecule has 0 aliphatic rings. The molecule has 1 aromatic heterocycles. The third-order valence-electron chi connectivity index (χ3n) is 2.83. The van der Waals surface area contributed by atoms with Gasteiger partial charge in [-0.15, -0.1) is 10.2 Å². The lowest BCUT2D eigenvalue weighted by Gasteiger charge is -2.06. The van der Waals surface area contributed by atoms with Crippen LogP contribution in [0, 0.1) is 16.0 Å². The number of benzene rings is 1. The number of non-ortho nitro benzene ring substituents is 1. The van der Waals surface area contributed by atoms with Crippen LogP contribution >= 0.6 is 34.7 Å². The largest absolute Gasteiger partial charge is 0.360 e. The molecule has 0 saturated heterocycles. The van der Waals surface area contributed by atoms with E-state index in [1.54, 1.807) is 0 Å². The Morgan fingerprint density at radius 3 is 2.88 bits per heavy atom. The first-order valence-electron chi connectivity index (χ1n) is 7.29. The third kappa shape index (κ3) is 6.15. The van der Waals surface area contributed by atoms with E-state index in [1.807, 2.05) is 0 Å². The van der Waals surface area contributed by atoms with Gasteiger partial charge in [0.1, 0.15) is 0 Å². The lowest BCUT2D eigenvalue weighted by atomic mass is 10.2. The molecule has 0 fully saturated rings. The number of rotatable bonds is 8. The van der Waals surface area contributed by atoms with E-state index in [-0.39, 0.29) is 28.1 Å². The number of hydrogen-bond acceptors (Lipinski definition) is 8. The number of nitrogens with zero attached hydrogens (tertiary/aromatic N) is 3. The summed E-state index contributed by atoms with van der Waals surface area (Å²) in [5, 5.41) is 25.5. The number of carbonyl (C=O) groups is 1. The van der Waals surface area contributed by atoms with E-state index in [2.05, 4.69) is 34.7 Å². The highest BCUT2D eigenvalue weighted by Gasteiger charge is 2.13. The molecule has 0 atom stereocenters. The van der Waals surface area contributed by atoms with Crippen LogP contribution in [0.25, 0.3) is 0 Å². The summed E-state index contributed by atoms with van der Waals surface area (Å²) in [5.41, 5.74) is 0.0652. The molecule has 0 aliphatic heterocycles. The Morgan fingerprint density at radius 1 is 1.44 bits per heavy atom. The number of amides is 1. The zero-order chi connectivity index (χ0) is 18.4. The van der Waals surface area contributed by atoms with Crippen LogP contribution in [-0.4, -0.2) is 33.3 Å². The van der Waals surface area contributed by atoms with Gasteiger partial charge in [-0.3, -0.25) is 14.9 Å². The van der Waals surface area contributed by atoms with Gasteiger partial charge in [-0.2, -0.15) is 0 Å². The van der Waals surface area contributed by atoms with Crippen molar-refractivity contribution in [1.29, 1.82) is 0 Å². The first-order chi connectivity index (χ1) is 11.8. The highest BCUT2D eigenvalue weighted by molar-refractivity contribution is 8.01. The number of hydrogen-bond donors (Lipinski definition) is 2. The fourth-order valence-corrected chi connectivity index (χ4v) is 3.39. The molecule has 2 aromatic rings. The molecule has 1 amide bonds. The molecule has 0 spiro atoms. The summed E-state index contributed by atoms with van der Waals surface area (Å²) in [6, 6.07) is 3.88. The van der Waals surface area contributed by atoms with Crippen LogP contribution in [-0.2, 0) is 4.79 Å². The van der Waals surface area contributed by atoms with Crippen LogP contribution in [0.4, 0.5) is 16.5 Å². The third-order valence-corrected chi connectivity index (χ3v) is 5.17. The van der Waals surface area contributed by atoms with Crippen molar-refractivity contribution >= 4 is 57.1 Å². The van der Waals surface area contributed by atoms with E-state index in [9.17, 15) is 14.9 Å². The molecule has 0 radical (unpaired) electrons. The molecular formula is C14H16ClN5O3S2. The number of halogens is 1. The average molecular weight is 402 g/mol. The van der Waals surface area contributed by atoms with E-state index < -0.39 is 4.92 Å². The summed E-state index contributed by atoms with van der Waals surface area (Å²) < 4.78 is 0.659. The quantitative estimate of drug-likeness (QED) is 0.392. The van der Waals surface area contributed by atoms with Crippen LogP contribution in [0.15, 0.2) is 22.5 Å². The van der Waals surface area contributed by atoms with E-state index in [0.717, 1.165) is 6.54 Å². The Morgan fingerprint density at radius 2 is 2.20 bits per heavy atom. The van der Waals surface area contributed by atoms with Crippen LogP contribution in [0.1, 0.15) is 13.8 Å². The molecule has 0 bridgehead atoms. The van der Waals surface area contributed by atoms with E-state index in [1.165, 1.54) is 41.3 Å². The molecule has 1 heterocycles. The smallest absolute Gasteiger partial charge is 0.271 e. The van der Waals surface area contributed by atoms with Crippen molar-refractivity contribution in [3.63, 3.8) is 0 Å². The lowest BCUT2D eigenvalue weighted by molar-refractivity contribution is -0.384. The molecule has 0 saturated carbocycles.